The van der Waals surface area contributed by atoms with Gasteiger partial charge in [-0.1, -0.05) is 24.3 Å². The van der Waals surface area contributed by atoms with Crippen molar-refractivity contribution in [1.82, 2.24) is 4.90 Å². The van der Waals surface area contributed by atoms with Crippen LogP contribution in [0.5, 0.6) is 0 Å². The van der Waals surface area contributed by atoms with E-state index in [1.54, 1.807) is 24.3 Å². The highest BCUT2D eigenvalue weighted by molar-refractivity contribution is 6.52. The maximum absolute atomic E-state index is 12.0. The third-order valence-electron chi connectivity index (χ3n) is 3.52. The van der Waals surface area contributed by atoms with Crippen LogP contribution in [0.3, 0.4) is 0 Å². The fraction of sp³-hybridized carbons (Fsp3) is 0.286. The minimum Gasteiger partial charge on any atom is -0.507 e. The molecule has 0 amide bonds. The lowest BCUT2D eigenvalue weighted by molar-refractivity contribution is -0.112. The topological polar surface area (TPSA) is 57.6 Å². The first-order valence-electron chi connectivity index (χ1n) is 6.01. The second kappa shape index (κ2) is 4.07. The predicted octanol–water partition coefficient (Wildman–Crippen LogP) is 1.43. The molecule has 1 N–H and O–H groups in total. The van der Waals surface area contributed by atoms with Crippen LogP contribution in [-0.2, 0) is 4.79 Å². The zero-order valence-electron chi connectivity index (χ0n) is 9.85. The van der Waals surface area contributed by atoms with Gasteiger partial charge in [0.2, 0.25) is 11.6 Å². The average Bonchev–Trinajstić information content (AvgIpc) is 2.34. The molecule has 0 spiro atoms. The number of aliphatic hydroxyl groups is 1. The maximum atomic E-state index is 12.0. The van der Waals surface area contributed by atoms with Gasteiger partial charge in [-0.15, -0.1) is 0 Å². The van der Waals surface area contributed by atoms with Crippen LogP contribution in [0.15, 0.2) is 29.8 Å². The Kier molecular flexibility index (Phi) is 2.52. The van der Waals surface area contributed by atoms with Crippen molar-refractivity contribution in [3.05, 3.63) is 41.0 Å². The lowest BCUT2D eigenvalue weighted by atomic mass is 9.88. The lowest BCUT2D eigenvalue weighted by Gasteiger charge is -2.32. The van der Waals surface area contributed by atoms with Crippen molar-refractivity contribution in [3.63, 3.8) is 0 Å². The molecule has 0 aromatic heterocycles. The molecule has 0 radical (unpaired) electrons. The molecule has 18 heavy (non-hydrogen) atoms. The molecule has 4 heteroatoms. The number of ketones is 2. The molecule has 0 saturated carbocycles. The number of carbonyl (C=O) groups is 2. The highest BCUT2D eigenvalue weighted by atomic mass is 16.3. The van der Waals surface area contributed by atoms with Crippen molar-refractivity contribution >= 4 is 17.3 Å². The number of Topliss-reactive ketones (excluding diaryl/α,β-unsaturated/α-hetero) is 2. The Morgan fingerprint density at radius 3 is 2.33 bits per heavy atom. The average molecular weight is 243 g/mol. The van der Waals surface area contributed by atoms with E-state index in [0.29, 0.717) is 17.7 Å². The molecule has 92 valence electrons. The van der Waals surface area contributed by atoms with E-state index in [0.717, 1.165) is 19.5 Å². The predicted molar refractivity (Wildman–Crippen MR) is 66.4 cm³/mol. The van der Waals surface area contributed by atoms with Gasteiger partial charge in [-0.25, -0.2) is 0 Å². The Balaban J connectivity index is 2.06. The molecule has 1 aromatic rings. The Labute approximate surface area is 105 Å². The molecule has 1 aliphatic carbocycles. The van der Waals surface area contributed by atoms with Crippen molar-refractivity contribution in [2.75, 3.05) is 19.6 Å². The summed E-state index contributed by atoms with van der Waals surface area (Å²) in [6.45, 7) is 2.20. The van der Waals surface area contributed by atoms with Gasteiger partial charge in [0.1, 0.15) is 5.76 Å². The molecule has 1 saturated heterocycles. The van der Waals surface area contributed by atoms with E-state index in [2.05, 4.69) is 0 Å². The molecule has 1 aliphatic heterocycles. The van der Waals surface area contributed by atoms with Crippen molar-refractivity contribution in [1.29, 1.82) is 0 Å². The number of hydrogen-bond donors (Lipinski definition) is 1. The Hall–Kier alpha value is -1.94. The maximum Gasteiger partial charge on any atom is 0.234 e. The van der Waals surface area contributed by atoms with E-state index in [9.17, 15) is 14.7 Å². The van der Waals surface area contributed by atoms with Crippen LogP contribution in [0, 0.1) is 0 Å². The fourth-order valence-corrected chi connectivity index (χ4v) is 2.33. The number of rotatable bonds is 2. The van der Waals surface area contributed by atoms with E-state index in [-0.39, 0.29) is 11.3 Å². The minimum absolute atomic E-state index is 0.0397. The summed E-state index contributed by atoms with van der Waals surface area (Å²) in [6.07, 6.45) is 1.10. The zero-order chi connectivity index (χ0) is 12.7. The Morgan fingerprint density at radius 2 is 1.72 bits per heavy atom. The van der Waals surface area contributed by atoms with Crippen molar-refractivity contribution in [3.8, 4) is 0 Å². The summed E-state index contributed by atoms with van der Waals surface area (Å²) in [5.74, 6) is -1.13. The number of hydrogen-bond acceptors (Lipinski definition) is 4. The number of carbonyl (C=O) groups excluding carboxylic acids is 2. The van der Waals surface area contributed by atoms with Crippen LogP contribution in [0.25, 0.3) is 5.76 Å². The zero-order valence-corrected chi connectivity index (χ0v) is 9.85. The minimum atomic E-state index is -0.571. The molecule has 4 nitrogen and oxygen atoms in total. The summed E-state index contributed by atoms with van der Waals surface area (Å²) >= 11 is 0. The van der Waals surface area contributed by atoms with Gasteiger partial charge >= 0.3 is 0 Å². The molecule has 1 fully saturated rings. The van der Waals surface area contributed by atoms with Crippen LogP contribution in [0.2, 0.25) is 0 Å². The van der Waals surface area contributed by atoms with Gasteiger partial charge in [-0.2, -0.15) is 0 Å². The second-order valence-corrected chi connectivity index (χ2v) is 4.66. The lowest BCUT2D eigenvalue weighted by Crippen LogP contribution is -2.41. The summed E-state index contributed by atoms with van der Waals surface area (Å²) in [4.78, 5) is 26.0. The first-order chi connectivity index (χ1) is 8.68. The fourth-order valence-electron chi connectivity index (χ4n) is 2.33. The second-order valence-electron chi connectivity index (χ2n) is 4.66. The quantitative estimate of drug-likeness (QED) is 0.798. The number of likely N-dealkylation sites (tertiary alicyclic amines) is 1. The van der Waals surface area contributed by atoms with Gasteiger partial charge in [-0.3, -0.25) is 14.5 Å². The van der Waals surface area contributed by atoms with Gasteiger partial charge in [0, 0.05) is 17.7 Å². The third kappa shape index (κ3) is 1.57. The summed E-state index contributed by atoms with van der Waals surface area (Å²) < 4.78 is 0. The highest BCUT2D eigenvalue weighted by Crippen LogP contribution is 2.28. The van der Waals surface area contributed by atoms with Gasteiger partial charge < -0.3 is 5.11 Å². The summed E-state index contributed by atoms with van der Waals surface area (Å²) in [7, 11) is 0. The Morgan fingerprint density at radius 1 is 1.06 bits per heavy atom. The Bertz CT molecular complexity index is 570. The summed E-state index contributed by atoms with van der Waals surface area (Å²) in [5.41, 5.74) is 1.00. The number of benzene rings is 1. The van der Waals surface area contributed by atoms with E-state index in [1.165, 1.54) is 0 Å². The molecule has 2 aliphatic rings. The molecule has 0 bridgehead atoms. The normalized spacial score (nSPS) is 19.8. The van der Waals surface area contributed by atoms with Crippen LogP contribution >= 0.6 is 0 Å². The monoisotopic (exact) mass is 243 g/mol. The van der Waals surface area contributed by atoms with Crippen LogP contribution in [-0.4, -0.2) is 41.2 Å². The molecule has 0 atom stereocenters. The molecule has 1 aromatic carbocycles. The smallest absolute Gasteiger partial charge is 0.234 e. The van der Waals surface area contributed by atoms with E-state index in [1.807, 2.05) is 4.90 Å². The molecule has 3 rings (SSSR count). The summed E-state index contributed by atoms with van der Waals surface area (Å²) in [5, 5.41) is 10.2. The SMILES string of the molecule is O=C1C(=O)c2ccccc2C(O)=C1CN1CCC1. The molecular weight excluding hydrogens is 230 g/mol. The van der Waals surface area contributed by atoms with Gasteiger partial charge in [0.05, 0.1) is 5.57 Å². The summed E-state index contributed by atoms with van der Waals surface area (Å²) in [6, 6.07) is 6.69. The molecule has 1 heterocycles. The third-order valence-corrected chi connectivity index (χ3v) is 3.52. The number of fused-ring (bicyclic) bond motifs is 1. The first kappa shape index (κ1) is 11.2. The van der Waals surface area contributed by atoms with Crippen molar-refractivity contribution < 1.29 is 14.7 Å². The van der Waals surface area contributed by atoms with Crippen LogP contribution < -0.4 is 0 Å². The molecular formula is C14H13NO3. The largest absolute Gasteiger partial charge is 0.507 e. The standard InChI is InChI=1S/C14H13NO3/c16-12-9-4-1-2-5-10(9)13(17)14(18)11(12)8-15-6-3-7-15/h1-2,4-5,16H,3,6-8H2. The van der Waals surface area contributed by atoms with Gasteiger partial charge in [0.25, 0.3) is 0 Å². The molecule has 0 unspecified atom stereocenters. The van der Waals surface area contributed by atoms with Crippen molar-refractivity contribution in [2.24, 2.45) is 0 Å². The van der Waals surface area contributed by atoms with E-state index >= 15 is 0 Å². The van der Waals surface area contributed by atoms with Crippen LogP contribution in [0.1, 0.15) is 22.3 Å². The van der Waals surface area contributed by atoms with Crippen molar-refractivity contribution in [2.45, 2.75) is 6.42 Å². The van der Waals surface area contributed by atoms with Crippen LogP contribution in [0.4, 0.5) is 0 Å². The number of nitrogens with zero attached hydrogens (tertiary/aromatic N) is 1. The van der Waals surface area contributed by atoms with E-state index < -0.39 is 11.6 Å². The first-order valence-corrected chi connectivity index (χ1v) is 6.01. The highest BCUT2D eigenvalue weighted by Gasteiger charge is 2.33. The van der Waals surface area contributed by atoms with Gasteiger partial charge in [-0.05, 0) is 19.5 Å². The number of aliphatic hydroxyl groups excluding tert-OH is 1. The van der Waals surface area contributed by atoms with E-state index in [4.69, 9.17) is 0 Å². The van der Waals surface area contributed by atoms with Gasteiger partial charge in [0.15, 0.2) is 0 Å².